The van der Waals surface area contributed by atoms with Gasteiger partial charge in [0.05, 0.1) is 0 Å². The Labute approximate surface area is 188 Å². The van der Waals surface area contributed by atoms with Crippen molar-refractivity contribution in [3.8, 4) is 11.5 Å². The lowest BCUT2D eigenvalue weighted by molar-refractivity contribution is 0.0745. The quantitative estimate of drug-likeness (QED) is 0.397. The molecule has 0 atom stereocenters. The Morgan fingerprint density at radius 3 is 2.68 bits per heavy atom. The highest BCUT2D eigenvalue weighted by atomic mass is 79.9. The predicted octanol–water partition coefficient (Wildman–Crippen LogP) is 5.54. The molecular weight excluding hydrogens is 456 g/mol. The number of fused-ring (bicyclic) bond motifs is 2. The van der Waals surface area contributed by atoms with E-state index in [0.717, 1.165) is 33.5 Å². The summed E-state index contributed by atoms with van der Waals surface area (Å²) in [5.74, 6) is 1.48. The summed E-state index contributed by atoms with van der Waals surface area (Å²) < 4.78 is 11.9. The molecule has 4 aromatic rings. The van der Waals surface area contributed by atoms with Crippen LogP contribution in [0.2, 0.25) is 0 Å². The Kier molecular flexibility index (Phi) is 5.38. The Morgan fingerprint density at radius 2 is 1.81 bits per heavy atom. The molecule has 0 bridgehead atoms. The second-order valence-corrected chi connectivity index (χ2v) is 8.45. The van der Waals surface area contributed by atoms with Crippen LogP contribution in [-0.4, -0.2) is 29.1 Å². The molecule has 0 aliphatic carbocycles. The number of H-pyrrole nitrogens is 1. The Morgan fingerprint density at radius 1 is 1.00 bits per heavy atom. The average Bonchev–Trinajstić information content (AvgIpc) is 3.43. The van der Waals surface area contributed by atoms with Crippen LogP contribution in [0, 0.1) is 0 Å². The summed E-state index contributed by atoms with van der Waals surface area (Å²) in [6, 6.07) is 21.6. The number of rotatable bonds is 6. The monoisotopic (exact) mass is 476 g/mol. The number of aromatic amines is 1. The molecule has 3 aromatic carbocycles. The molecule has 31 heavy (non-hydrogen) atoms. The van der Waals surface area contributed by atoms with Crippen LogP contribution in [0.3, 0.4) is 0 Å². The Hall–Kier alpha value is -3.25. The highest BCUT2D eigenvalue weighted by Gasteiger charge is 2.19. The minimum absolute atomic E-state index is 0.00464. The first-order valence-corrected chi connectivity index (χ1v) is 10.9. The van der Waals surface area contributed by atoms with Gasteiger partial charge in [-0.3, -0.25) is 4.79 Å². The maximum absolute atomic E-state index is 13.4. The molecule has 0 fully saturated rings. The third kappa shape index (κ3) is 4.16. The number of carbonyl (C=O) groups is 1. The van der Waals surface area contributed by atoms with Crippen molar-refractivity contribution in [2.75, 3.05) is 13.3 Å². The number of carbonyl (C=O) groups excluding carboxylic acids is 1. The van der Waals surface area contributed by atoms with E-state index in [1.54, 1.807) is 0 Å². The maximum Gasteiger partial charge on any atom is 0.254 e. The van der Waals surface area contributed by atoms with Crippen molar-refractivity contribution in [2.45, 2.75) is 13.0 Å². The second kappa shape index (κ2) is 8.47. The number of ether oxygens (including phenoxy) is 2. The summed E-state index contributed by atoms with van der Waals surface area (Å²) in [6.07, 6.45) is 2.80. The lowest BCUT2D eigenvalue weighted by Gasteiger charge is -2.23. The van der Waals surface area contributed by atoms with E-state index in [4.69, 9.17) is 9.47 Å². The molecule has 2 heterocycles. The van der Waals surface area contributed by atoms with Crippen LogP contribution in [0.15, 0.2) is 77.4 Å². The van der Waals surface area contributed by atoms with E-state index in [9.17, 15) is 4.79 Å². The number of nitrogens with zero attached hydrogens (tertiary/aromatic N) is 1. The fourth-order valence-corrected chi connectivity index (χ4v) is 4.15. The molecule has 5 rings (SSSR count). The van der Waals surface area contributed by atoms with Crippen molar-refractivity contribution in [1.29, 1.82) is 0 Å². The molecule has 0 saturated carbocycles. The summed E-state index contributed by atoms with van der Waals surface area (Å²) in [6.45, 7) is 1.33. The first-order valence-electron chi connectivity index (χ1n) is 10.2. The van der Waals surface area contributed by atoms with Gasteiger partial charge in [0.1, 0.15) is 0 Å². The number of para-hydroxylation sites is 1. The summed E-state index contributed by atoms with van der Waals surface area (Å²) in [5, 5.41) is 1.20. The number of aromatic nitrogens is 1. The lowest BCUT2D eigenvalue weighted by atomic mass is 10.1. The third-order valence-electron chi connectivity index (χ3n) is 5.51. The zero-order valence-corrected chi connectivity index (χ0v) is 18.4. The standard InChI is InChI=1S/C25H21BrN2O3/c26-20-8-6-18(7-9-20)25(29)28(15-17-5-10-23-24(13-17)31-16-30-23)12-11-19-14-27-22-4-2-1-3-21(19)22/h1-10,13-14,27H,11-12,15-16H2. The van der Waals surface area contributed by atoms with Crippen molar-refractivity contribution in [3.63, 3.8) is 0 Å². The van der Waals surface area contributed by atoms with Crippen LogP contribution in [0.25, 0.3) is 10.9 Å². The maximum atomic E-state index is 13.4. The van der Waals surface area contributed by atoms with Gasteiger partial charge in [-0.1, -0.05) is 40.2 Å². The zero-order valence-electron chi connectivity index (χ0n) is 16.8. The van der Waals surface area contributed by atoms with Crippen LogP contribution in [0.5, 0.6) is 11.5 Å². The van der Waals surface area contributed by atoms with Gasteiger partial charge in [0.25, 0.3) is 5.91 Å². The van der Waals surface area contributed by atoms with Crippen LogP contribution in [0.4, 0.5) is 0 Å². The van der Waals surface area contributed by atoms with Gasteiger partial charge < -0.3 is 19.4 Å². The molecule has 0 radical (unpaired) electrons. The number of halogens is 1. The summed E-state index contributed by atoms with van der Waals surface area (Å²) in [4.78, 5) is 18.6. The summed E-state index contributed by atoms with van der Waals surface area (Å²) >= 11 is 3.44. The molecule has 0 unspecified atom stereocenters. The molecule has 0 saturated heterocycles. The fraction of sp³-hybridized carbons (Fsp3) is 0.160. The summed E-state index contributed by atoms with van der Waals surface area (Å²) in [5.41, 5.74) is 3.99. The summed E-state index contributed by atoms with van der Waals surface area (Å²) in [7, 11) is 0. The van der Waals surface area contributed by atoms with Crippen LogP contribution >= 0.6 is 15.9 Å². The van der Waals surface area contributed by atoms with Gasteiger partial charge in [-0.05, 0) is 60.0 Å². The van der Waals surface area contributed by atoms with Crippen molar-refractivity contribution < 1.29 is 14.3 Å². The molecular formula is C25H21BrN2O3. The first-order chi connectivity index (χ1) is 15.2. The number of benzene rings is 3. The third-order valence-corrected chi connectivity index (χ3v) is 6.04. The normalized spacial score (nSPS) is 12.3. The predicted molar refractivity (Wildman–Crippen MR) is 123 cm³/mol. The Balaban J connectivity index is 1.40. The topological polar surface area (TPSA) is 54.6 Å². The minimum atomic E-state index is 0.00464. The van der Waals surface area contributed by atoms with E-state index in [1.807, 2.05) is 65.7 Å². The highest BCUT2D eigenvalue weighted by molar-refractivity contribution is 9.10. The van der Waals surface area contributed by atoms with E-state index in [-0.39, 0.29) is 12.7 Å². The van der Waals surface area contributed by atoms with Crippen LogP contribution < -0.4 is 9.47 Å². The van der Waals surface area contributed by atoms with E-state index in [2.05, 4.69) is 33.0 Å². The smallest absolute Gasteiger partial charge is 0.254 e. The molecule has 6 heteroatoms. The van der Waals surface area contributed by atoms with Crippen LogP contribution in [-0.2, 0) is 13.0 Å². The molecule has 0 spiro atoms. The molecule has 1 N–H and O–H groups in total. The molecule has 1 aliphatic heterocycles. The zero-order chi connectivity index (χ0) is 21.2. The van der Waals surface area contributed by atoms with Crippen molar-refractivity contribution >= 4 is 32.7 Å². The Bertz CT molecular complexity index is 1230. The van der Waals surface area contributed by atoms with Gasteiger partial charge in [0.15, 0.2) is 11.5 Å². The van der Waals surface area contributed by atoms with Crippen molar-refractivity contribution in [1.82, 2.24) is 9.88 Å². The molecule has 1 amide bonds. The minimum Gasteiger partial charge on any atom is -0.454 e. The average molecular weight is 477 g/mol. The van der Waals surface area contributed by atoms with Gasteiger partial charge in [-0.15, -0.1) is 0 Å². The van der Waals surface area contributed by atoms with Crippen LogP contribution in [0.1, 0.15) is 21.5 Å². The van der Waals surface area contributed by atoms with E-state index >= 15 is 0 Å². The van der Waals surface area contributed by atoms with Gasteiger partial charge in [-0.2, -0.15) is 0 Å². The number of nitrogens with one attached hydrogen (secondary N) is 1. The van der Waals surface area contributed by atoms with Gasteiger partial charge in [0.2, 0.25) is 6.79 Å². The van der Waals surface area contributed by atoms with Gasteiger partial charge >= 0.3 is 0 Å². The first kappa shape index (κ1) is 19.7. The van der Waals surface area contributed by atoms with Crippen molar-refractivity contribution in [3.05, 3.63) is 94.1 Å². The largest absolute Gasteiger partial charge is 0.454 e. The van der Waals surface area contributed by atoms with Gasteiger partial charge in [-0.25, -0.2) is 0 Å². The van der Waals surface area contributed by atoms with E-state index in [0.29, 0.717) is 18.7 Å². The number of amides is 1. The molecule has 156 valence electrons. The highest BCUT2D eigenvalue weighted by Crippen LogP contribution is 2.33. The van der Waals surface area contributed by atoms with E-state index in [1.165, 1.54) is 10.9 Å². The second-order valence-electron chi connectivity index (χ2n) is 7.53. The van der Waals surface area contributed by atoms with Crippen molar-refractivity contribution in [2.24, 2.45) is 0 Å². The molecule has 1 aromatic heterocycles. The van der Waals surface area contributed by atoms with E-state index < -0.39 is 0 Å². The number of hydrogen-bond donors (Lipinski definition) is 1. The molecule has 5 nitrogen and oxygen atoms in total. The SMILES string of the molecule is O=C(c1ccc(Br)cc1)N(CCc1c[nH]c2ccccc12)Cc1ccc2c(c1)OCO2. The lowest BCUT2D eigenvalue weighted by Crippen LogP contribution is -2.32. The number of hydrogen-bond acceptors (Lipinski definition) is 3. The fourth-order valence-electron chi connectivity index (χ4n) is 3.88. The molecule has 1 aliphatic rings. The van der Waals surface area contributed by atoms with Gasteiger partial charge in [0, 0.05) is 40.2 Å².